The Morgan fingerprint density at radius 3 is 2.54 bits per heavy atom. The quantitative estimate of drug-likeness (QED) is 0.667. The van der Waals surface area contributed by atoms with Gasteiger partial charge in [-0.05, 0) is 23.8 Å². The third-order valence-corrected chi connectivity index (χ3v) is 4.85. The molecule has 1 amide bonds. The van der Waals surface area contributed by atoms with E-state index in [1.54, 1.807) is 30.3 Å². The minimum absolute atomic E-state index is 0.126. The maximum absolute atomic E-state index is 13.1. The fourth-order valence-electron chi connectivity index (χ4n) is 3.47. The number of rotatable bonds is 6. The van der Waals surface area contributed by atoms with E-state index in [1.807, 2.05) is 42.5 Å². The van der Waals surface area contributed by atoms with E-state index in [0.29, 0.717) is 17.8 Å². The maximum atomic E-state index is 13.1. The lowest BCUT2D eigenvalue weighted by atomic mass is 9.89. The maximum Gasteiger partial charge on any atom is 0.264 e. The van der Waals surface area contributed by atoms with Crippen molar-refractivity contribution in [2.75, 3.05) is 11.4 Å². The molecule has 0 saturated carbocycles. The topological polar surface area (TPSA) is 70.8 Å². The summed E-state index contributed by atoms with van der Waals surface area (Å²) < 4.78 is 5.12. The van der Waals surface area contributed by atoms with Gasteiger partial charge >= 0.3 is 0 Å². The molecule has 1 aromatic heterocycles. The van der Waals surface area contributed by atoms with E-state index in [0.717, 1.165) is 5.56 Å². The molecule has 5 nitrogen and oxygen atoms in total. The normalized spacial score (nSPS) is 18.6. The molecule has 0 radical (unpaired) electrons. The van der Waals surface area contributed by atoms with E-state index in [9.17, 15) is 14.7 Å². The summed E-state index contributed by atoms with van der Waals surface area (Å²) in [5.41, 5.74) is 0.166. The molecule has 0 aliphatic carbocycles. The van der Waals surface area contributed by atoms with Crippen molar-refractivity contribution in [1.29, 1.82) is 0 Å². The van der Waals surface area contributed by atoms with Gasteiger partial charge in [0.2, 0.25) is 5.78 Å². The fourth-order valence-corrected chi connectivity index (χ4v) is 3.47. The summed E-state index contributed by atoms with van der Waals surface area (Å²) in [6.45, 7) is 0.294. The van der Waals surface area contributed by atoms with Crippen LogP contribution in [-0.4, -0.2) is 23.3 Å². The number of hydrogen-bond donors (Lipinski definition) is 1. The van der Waals surface area contributed by atoms with Crippen LogP contribution in [0.25, 0.3) is 6.08 Å². The Kier molecular flexibility index (Phi) is 4.67. The van der Waals surface area contributed by atoms with Crippen LogP contribution in [0.15, 0.2) is 83.5 Å². The fraction of sp³-hybridized carbons (Fsp3) is 0.130. The molecule has 1 aliphatic rings. The zero-order valence-corrected chi connectivity index (χ0v) is 15.1. The van der Waals surface area contributed by atoms with Crippen LogP contribution in [0.1, 0.15) is 28.1 Å². The van der Waals surface area contributed by atoms with Gasteiger partial charge in [-0.2, -0.15) is 0 Å². The van der Waals surface area contributed by atoms with Crippen LogP contribution in [0.5, 0.6) is 0 Å². The number of fused-ring (bicyclic) bond motifs is 1. The average molecular weight is 373 g/mol. The van der Waals surface area contributed by atoms with Crippen LogP contribution >= 0.6 is 0 Å². The first kappa shape index (κ1) is 17.9. The van der Waals surface area contributed by atoms with E-state index >= 15 is 0 Å². The lowest BCUT2D eigenvalue weighted by molar-refractivity contribution is -0.135. The number of carbonyl (C=O) groups excluding carboxylic acids is 2. The van der Waals surface area contributed by atoms with Crippen LogP contribution in [0, 0.1) is 0 Å². The second kappa shape index (κ2) is 7.29. The number of ketones is 1. The Bertz CT molecular complexity index is 1020. The van der Waals surface area contributed by atoms with E-state index < -0.39 is 17.3 Å². The largest absolute Gasteiger partial charge is 0.461 e. The standard InChI is InChI=1S/C23H19NO4/c25-20(21-13-7-15-28-21)16-23(27)18-11-4-5-12-19(18)24(22(23)26)14-6-10-17-8-2-1-3-9-17/h1-13,15,27H,14,16H2. The number of nitrogens with zero attached hydrogens (tertiary/aromatic N) is 1. The molecule has 0 bridgehead atoms. The number of furan rings is 1. The second-order valence-corrected chi connectivity index (χ2v) is 6.68. The number of Topliss-reactive ketones (excluding diaryl/α,β-unsaturated/α-hetero) is 1. The van der Waals surface area contributed by atoms with Crippen LogP contribution in [0.2, 0.25) is 0 Å². The molecule has 0 saturated heterocycles. The molecule has 3 aromatic rings. The zero-order valence-electron chi connectivity index (χ0n) is 15.1. The molecule has 28 heavy (non-hydrogen) atoms. The van der Waals surface area contributed by atoms with E-state index in [2.05, 4.69) is 0 Å². The first-order valence-corrected chi connectivity index (χ1v) is 9.02. The summed E-state index contributed by atoms with van der Waals surface area (Å²) in [5, 5.41) is 11.2. The molecule has 5 heteroatoms. The average Bonchev–Trinajstić information content (AvgIpc) is 3.32. The number of anilines is 1. The first-order valence-electron chi connectivity index (χ1n) is 9.02. The van der Waals surface area contributed by atoms with Gasteiger partial charge in [0.25, 0.3) is 5.91 Å². The van der Waals surface area contributed by atoms with Gasteiger partial charge in [0.05, 0.1) is 18.4 Å². The van der Waals surface area contributed by atoms with Crippen molar-refractivity contribution >= 4 is 23.5 Å². The molecular formula is C23H19NO4. The minimum atomic E-state index is -1.90. The molecule has 0 fully saturated rings. The number of hydrogen-bond acceptors (Lipinski definition) is 4. The minimum Gasteiger partial charge on any atom is -0.461 e. The van der Waals surface area contributed by atoms with Crippen molar-refractivity contribution in [1.82, 2.24) is 0 Å². The van der Waals surface area contributed by atoms with Gasteiger partial charge in [0, 0.05) is 12.1 Å². The van der Waals surface area contributed by atoms with Crippen LogP contribution in [0.4, 0.5) is 5.69 Å². The van der Waals surface area contributed by atoms with Gasteiger partial charge in [-0.25, -0.2) is 0 Å². The number of carbonyl (C=O) groups is 2. The molecule has 140 valence electrons. The van der Waals surface area contributed by atoms with E-state index in [-0.39, 0.29) is 12.2 Å². The number of para-hydroxylation sites is 1. The van der Waals surface area contributed by atoms with Gasteiger partial charge in [-0.3, -0.25) is 9.59 Å². The summed E-state index contributed by atoms with van der Waals surface area (Å²) in [7, 11) is 0. The van der Waals surface area contributed by atoms with Crippen LogP contribution in [-0.2, 0) is 10.4 Å². The first-order chi connectivity index (χ1) is 13.6. The van der Waals surface area contributed by atoms with Crippen molar-refractivity contribution in [3.05, 3.63) is 96.0 Å². The molecule has 2 heterocycles. The van der Waals surface area contributed by atoms with Crippen molar-refractivity contribution in [2.24, 2.45) is 0 Å². The molecule has 1 N–H and O–H groups in total. The molecule has 2 aromatic carbocycles. The van der Waals surface area contributed by atoms with Gasteiger partial charge < -0.3 is 14.4 Å². The van der Waals surface area contributed by atoms with E-state index in [1.165, 1.54) is 17.2 Å². The Morgan fingerprint density at radius 1 is 1.04 bits per heavy atom. The van der Waals surface area contributed by atoms with Crippen LogP contribution in [0.3, 0.4) is 0 Å². The van der Waals surface area contributed by atoms with Gasteiger partial charge in [0.1, 0.15) is 0 Å². The lowest BCUT2D eigenvalue weighted by Crippen LogP contribution is -2.41. The Hall–Kier alpha value is -3.44. The Labute approximate surface area is 162 Å². The van der Waals surface area contributed by atoms with Gasteiger partial charge in [-0.15, -0.1) is 0 Å². The van der Waals surface area contributed by atoms with E-state index in [4.69, 9.17) is 4.42 Å². The molecule has 0 spiro atoms. The highest BCUT2D eigenvalue weighted by Crippen LogP contribution is 2.42. The zero-order chi connectivity index (χ0) is 19.6. The van der Waals surface area contributed by atoms with Crippen molar-refractivity contribution in [3.63, 3.8) is 0 Å². The third-order valence-electron chi connectivity index (χ3n) is 4.85. The number of benzene rings is 2. The summed E-state index contributed by atoms with van der Waals surface area (Å²) >= 11 is 0. The summed E-state index contributed by atoms with van der Waals surface area (Å²) in [6, 6.07) is 19.9. The Morgan fingerprint density at radius 2 is 1.79 bits per heavy atom. The van der Waals surface area contributed by atoms with Crippen molar-refractivity contribution < 1.29 is 19.1 Å². The van der Waals surface area contributed by atoms with Crippen molar-refractivity contribution in [2.45, 2.75) is 12.0 Å². The Balaban J connectivity index is 1.60. The van der Waals surface area contributed by atoms with Gasteiger partial charge in [0.15, 0.2) is 11.4 Å². The highest BCUT2D eigenvalue weighted by Gasteiger charge is 2.50. The highest BCUT2D eigenvalue weighted by atomic mass is 16.3. The number of aliphatic hydroxyl groups is 1. The highest BCUT2D eigenvalue weighted by molar-refractivity contribution is 6.10. The smallest absolute Gasteiger partial charge is 0.264 e. The lowest BCUT2D eigenvalue weighted by Gasteiger charge is -2.21. The van der Waals surface area contributed by atoms with Gasteiger partial charge in [-0.1, -0.05) is 60.7 Å². The summed E-state index contributed by atoms with van der Waals surface area (Å²) in [4.78, 5) is 27.1. The van der Waals surface area contributed by atoms with Crippen LogP contribution < -0.4 is 4.90 Å². The monoisotopic (exact) mass is 373 g/mol. The molecule has 1 unspecified atom stereocenters. The molecular weight excluding hydrogens is 354 g/mol. The third kappa shape index (κ3) is 3.17. The predicted molar refractivity (Wildman–Crippen MR) is 106 cm³/mol. The number of amides is 1. The summed E-state index contributed by atoms with van der Waals surface area (Å²) in [5.74, 6) is -0.801. The summed E-state index contributed by atoms with van der Waals surface area (Å²) in [6.07, 6.45) is 4.81. The molecule has 1 aliphatic heterocycles. The second-order valence-electron chi connectivity index (χ2n) is 6.68. The molecule has 1 atom stereocenters. The predicted octanol–water partition coefficient (Wildman–Crippen LogP) is 3.80. The molecule has 4 rings (SSSR count). The van der Waals surface area contributed by atoms with Crippen molar-refractivity contribution in [3.8, 4) is 0 Å². The SMILES string of the molecule is O=C(CC1(O)C(=O)N(CC=Cc2ccccc2)c2ccccc21)c1ccco1.